The highest BCUT2D eigenvalue weighted by Gasteiger charge is 2.22. The molecule has 0 aliphatic rings. The maximum atomic E-state index is 12.5. The van der Waals surface area contributed by atoms with E-state index in [0.29, 0.717) is 10.9 Å². The molecule has 164 valence electrons. The van der Waals surface area contributed by atoms with Crippen molar-refractivity contribution in [2.75, 3.05) is 7.05 Å². The Kier molecular flexibility index (Phi) is 6.87. The molecule has 1 amide bonds. The van der Waals surface area contributed by atoms with Crippen LogP contribution in [-0.4, -0.2) is 41.3 Å². The maximum Gasteiger partial charge on any atom is 0.261 e. The molecule has 0 saturated carbocycles. The first-order chi connectivity index (χ1) is 14.7. The number of rotatable bonds is 8. The molecule has 1 heterocycles. The fourth-order valence-corrected chi connectivity index (χ4v) is 4.37. The van der Waals surface area contributed by atoms with Gasteiger partial charge in [0.25, 0.3) is 5.56 Å². The lowest BCUT2D eigenvalue weighted by Crippen LogP contribution is -2.33. The third kappa shape index (κ3) is 5.18. The van der Waals surface area contributed by atoms with Crippen molar-refractivity contribution in [3.8, 4) is 0 Å². The van der Waals surface area contributed by atoms with E-state index in [9.17, 15) is 18.0 Å². The third-order valence-electron chi connectivity index (χ3n) is 5.13. The summed E-state index contributed by atoms with van der Waals surface area (Å²) in [6.45, 7) is 4.11. The lowest BCUT2D eigenvalue weighted by Gasteiger charge is -2.21. The number of aromatic nitrogens is 2. The lowest BCUT2D eigenvalue weighted by atomic mass is 10.2. The Bertz CT molecular complexity index is 1230. The zero-order chi connectivity index (χ0) is 22.6. The van der Waals surface area contributed by atoms with Crippen molar-refractivity contribution in [3.63, 3.8) is 0 Å². The minimum absolute atomic E-state index is 0.131. The second kappa shape index (κ2) is 9.40. The van der Waals surface area contributed by atoms with E-state index in [2.05, 4.69) is 10.3 Å². The van der Waals surface area contributed by atoms with Gasteiger partial charge < -0.3 is 5.32 Å². The monoisotopic (exact) mass is 442 g/mol. The van der Waals surface area contributed by atoms with Crippen LogP contribution in [0.5, 0.6) is 0 Å². The molecule has 0 unspecified atom stereocenters. The van der Waals surface area contributed by atoms with Crippen molar-refractivity contribution in [3.05, 3.63) is 70.8 Å². The first kappa shape index (κ1) is 22.6. The average molecular weight is 443 g/mol. The molecule has 8 nitrogen and oxygen atoms in total. The Hall–Kier alpha value is -3.04. The molecule has 9 heteroatoms. The minimum atomic E-state index is -3.54. The summed E-state index contributed by atoms with van der Waals surface area (Å²) < 4.78 is 27.7. The number of carbonyl (C=O) groups is 1. The summed E-state index contributed by atoms with van der Waals surface area (Å²) in [4.78, 5) is 29.1. The summed E-state index contributed by atoms with van der Waals surface area (Å²) in [5, 5.41) is 3.31. The van der Waals surface area contributed by atoms with Gasteiger partial charge in [-0.15, -0.1) is 0 Å². The number of hydrogen-bond donors (Lipinski definition) is 1. The van der Waals surface area contributed by atoms with Crippen LogP contribution in [0.4, 0.5) is 0 Å². The second-order valence-corrected chi connectivity index (χ2v) is 9.54. The average Bonchev–Trinajstić information content (AvgIpc) is 2.77. The van der Waals surface area contributed by atoms with E-state index in [1.807, 2.05) is 19.9 Å². The maximum absolute atomic E-state index is 12.5. The number of fused-ring (bicyclic) bond motifs is 1. The first-order valence-electron chi connectivity index (χ1n) is 9.98. The molecule has 0 atom stereocenters. The van der Waals surface area contributed by atoms with Crippen LogP contribution in [0.1, 0.15) is 25.8 Å². The number of nitrogens with zero attached hydrogens (tertiary/aromatic N) is 3. The SMILES string of the molecule is CC(C)N(C)S(=O)(=O)c1ccc(CNC(=O)CCn2cnc3ccccc3c2=O)cc1. The van der Waals surface area contributed by atoms with E-state index in [1.165, 1.54) is 27.3 Å². The Morgan fingerprint density at radius 2 is 1.81 bits per heavy atom. The van der Waals surface area contributed by atoms with Gasteiger partial charge in [-0.25, -0.2) is 13.4 Å². The number of para-hydroxylation sites is 1. The number of amides is 1. The molecular formula is C22H26N4O4S. The molecule has 3 rings (SSSR count). The largest absolute Gasteiger partial charge is 0.352 e. The van der Waals surface area contributed by atoms with E-state index in [4.69, 9.17) is 0 Å². The van der Waals surface area contributed by atoms with Gasteiger partial charge in [-0.2, -0.15) is 4.31 Å². The Labute approximate surface area is 181 Å². The zero-order valence-electron chi connectivity index (χ0n) is 17.8. The fraction of sp³-hybridized carbons (Fsp3) is 0.318. The summed E-state index contributed by atoms with van der Waals surface area (Å²) in [6.07, 6.45) is 1.58. The van der Waals surface area contributed by atoms with E-state index in [1.54, 1.807) is 37.4 Å². The summed E-state index contributed by atoms with van der Waals surface area (Å²) in [7, 11) is -1.99. The smallest absolute Gasteiger partial charge is 0.261 e. The van der Waals surface area contributed by atoms with Gasteiger partial charge >= 0.3 is 0 Å². The van der Waals surface area contributed by atoms with E-state index < -0.39 is 10.0 Å². The zero-order valence-corrected chi connectivity index (χ0v) is 18.6. The first-order valence-corrected chi connectivity index (χ1v) is 11.4. The Balaban J connectivity index is 1.57. The van der Waals surface area contributed by atoms with Crippen LogP contribution in [0.3, 0.4) is 0 Å². The van der Waals surface area contributed by atoms with Gasteiger partial charge in [0.05, 0.1) is 22.1 Å². The van der Waals surface area contributed by atoms with Gasteiger partial charge in [0, 0.05) is 32.6 Å². The molecule has 0 radical (unpaired) electrons. The van der Waals surface area contributed by atoms with Crippen molar-refractivity contribution in [2.45, 2.75) is 44.3 Å². The predicted octanol–water partition coefficient (Wildman–Crippen LogP) is 2.13. The molecule has 0 fully saturated rings. The van der Waals surface area contributed by atoms with Gasteiger partial charge in [-0.1, -0.05) is 24.3 Å². The summed E-state index contributed by atoms with van der Waals surface area (Å²) in [5.41, 5.74) is 1.23. The van der Waals surface area contributed by atoms with Crippen LogP contribution in [0.15, 0.2) is 64.5 Å². The van der Waals surface area contributed by atoms with E-state index in [0.717, 1.165) is 5.56 Å². The van der Waals surface area contributed by atoms with Gasteiger partial charge in [-0.05, 0) is 43.7 Å². The highest BCUT2D eigenvalue weighted by atomic mass is 32.2. The van der Waals surface area contributed by atoms with Gasteiger partial charge in [0.2, 0.25) is 15.9 Å². The van der Waals surface area contributed by atoms with Gasteiger partial charge in [-0.3, -0.25) is 14.2 Å². The molecule has 2 aromatic carbocycles. The highest BCUT2D eigenvalue weighted by molar-refractivity contribution is 7.89. The minimum Gasteiger partial charge on any atom is -0.352 e. The third-order valence-corrected chi connectivity index (χ3v) is 7.18. The summed E-state index contributed by atoms with van der Waals surface area (Å²) >= 11 is 0. The molecule has 0 spiro atoms. The van der Waals surface area contributed by atoms with Crippen LogP contribution in [-0.2, 0) is 27.9 Å². The number of carbonyl (C=O) groups excluding carboxylic acids is 1. The summed E-state index contributed by atoms with van der Waals surface area (Å²) in [6, 6.07) is 13.4. The fourth-order valence-electron chi connectivity index (χ4n) is 3.00. The second-order valence-electron chi connectivity index (χ2n) is 7.55. The van der Waals surface area contributed by atoms with Crippen LogP contribution >= 0.6 is 0 Å². The van der Waals surface area contributed by atoms with E-state index in [-0.39, 0.29) is 41.9 Å². The quantitative estimate of drug-likeness (QED) is 0.576. The highest BCUT2D eigenvalue weighted by Crippen LogP contribution is 2.17. The predicted molar refractivity (Wildman–Crippen MR) is 119 cm³/mol. The van der Waals surface area contributed by atoms with Crippen LogP contribution in [0.2, 0.25) is 0 Å². The number of hydrogen-bond acceptors (Lipinski definition) is 5. The number of benzene rings is 2. The molecule has 0 saturated heterocycles. The molecular weight excluding hydrogens is 416 g/mol. The molecule has 1 N–H and O–H groups in total. The van der Waals surface area contributed by atoms with Gasteiger partial charge in [0.15, 0.2) is 0 Å². The van der Waals surface area contributed by atoms with Crippen molar-refractivity contribution < 1.29 is 13.2 Å². The normalized spacial score (nSPS) is 11.9. The number of aryl methyl sites for hydroxylation is 1. The molecule has 3 aromatic rings. The molecule has 0 bridgehead atoms. The molecule has 31 heavy (non-hydrogen) atoms. The number of sulfonamides is 1. The molecule has 0 aliphatic heterocycles. The molecule has 1 aromatic heterocycles. The summed E-state index contributed by atoms with van der Waals surface area (Å²) in [5.74, 6) is -0.212. The van der Waals surface area contributed by atoms with Crippen LogP contribution in [0.25, 0.3) is 10.9 Å². The topological polar surface area (TPSA) is 101 Å². The van der Waals surface area contributed by atoms with Crippen molar-refractivity contribution in [1.29, 1.82) is 0 Å². The number of nitrogens with one attached hydrogen (secondary N) is 1. The molecule has 0 aliphatic carbocycles. The van der Waals surface area contributed by atoms with Crippen LogP contribution in [0, 0.1) is 0 Å². The van der Waals surface area contributed by atoms with Crippen LogP contribution < -0.4 is 10.9 Å². The van der Waals surface area contributed by atoms with Gasteiger partial charge in [0.1, 0.15) is 0 Å². The van der Waals surface area contributed by atoms with Crippen molar-refractivity contribution in [2.24, 2.45) is 0 Å². The van der Waals surface area contributed by atoms with E-state index >= 15 is 0 Å². The lowest BCUT2D eigenvalue weighted by molar-refractivity contribution is -0.121. The van der Waals surface area contributed by atoms with Crippen molar-refractivity contribution >= 4 is 26.8 Å². The standard InChI is InChI=1S/C22H26N4O4S/c1-16(2)25(3)31(29,30)18-10-8-17(9-11-18)14-23-21(27)12-13-26-15-24-20-7-5-4-6-19(20)22(26)28/h4-11,15-16H,12-14H2,1-3H3,(H,23,27). The van der Waals surface area contributed by atoms with Crippen molar-refractivity contribution in [1.82, 2.24) is 19.2 Å². The Morgan fingerprint density at radius 3 is 2.48 bits per heavy atom. The Morgan fingerprint density at radius 1 is 1.13 bits per heavy atom.